The molecule has 3 rings (SSSR count). The summed E-state index contributed by atoms with van der Waals surface area (Å²) in [7, 11) is 0. The molecule has 1 aliphatic heterocycles. The van der Waals surface area contributed by atoms with Gasteiger partial charge in [-0.2, -0.15) is 0 Å². The number of hydrogen-bond donors (Lipinski definition) is 1. The van der Waals surface area contributed by atoms with Gasteiger partial charge < -0.3 is 9.67 Å². The van der Waals surface area contributed by atoms with Crippen LogP contribution in [-0.2, 0) is 0 Å². The number of nitrogens with zero attached hydrogens (tertiary/aromatic N) is 1. The molecule has 0 amide bonds. The van der Waals surface area contributed by atoms with Crippen molar-refractivity contribution in [3.05, 3.63) is 45.9 Å². The molecule has 2 aliphatic carbocycles. The first-order valence-corrected chi connectivity index (χ1v) is 6.97. The quantitative estimate of drug-likeness (QED) is 0.913. The molecule has 0 saturated heterocycles. The Bertz CT molecular complexity index is 696. The third kappa shape index (κ3) is 2.01. The molecule has 1 fully saturated rings. The predicted molar refractivity (Wildman–Crippen MR) is 76.5 cm³/mol. The Balaban J connectivity index is 2.30. The van der Waals surface area contributed by atoms with Gasteiger partial charge in [-0.25, -0.2) is 4.79 Å². The summed E-state index contributed by atoms with van der Waals surface area (Å²) >= 11 is 0. The molecule has 104 valence electrons. The third-order valence-electron chi connectivity index (χ3n) is 4.25. The van der Waals surface area contributed by atoms with Gasteiger partial charge >= 0.3 is 5.97 Å². The summed E-state index contributed by atoms with van der Waals surface area (Å²) in [5, 5.41) is 9.51. The standard InChI is InChI=1S/C16H17NO3/c1-10-15(16(19)20)14-8-13(18)7-6-11(14)9-17(10)12-4-2-3-5-12/h6-9,12H,2-5H2,1H3,(H,19,20). The minimum Gasteiger partial charge on any atom is -0.478 e. The van der Waals surface area contributed by atoms with Crippen molar-refractivity contribution in [2.45, 2.75) is 38.6 Å². The number of fused-ring (bicyclic) bond motifs is 1. The topological polar surface area (TPSA) is 59.3 Å². The monoisotopic (exact) mass is 271 g/mol. The minimum absolute atomic E-state index is 0.155. The fourth-order valence-corrected chi connectivity index (χ4v) is 3.27. The summed E-state index contributed by atoms with van der Waals surface area (Å²) in [5.74, 6) is -0.967. The van der Waals surface area contributed by atoms with Crippen LogP contribution in [0.15, 0.2) is 29.2 Å². The van der Waals surface area contributed by atoms with Crippen molar-refractivity contribution in [3.8, 4) is 11.1 Å². The van der Waals surface area contributed by atoms with E-state index in [4.69, 9.17) is 0 Å². The van der Waals surface area contributed by atoms with E-state index in [9.17, 15) is 14.7 Å². The van der Waals surface area contributed by atoms with Crippen LogP contribution in [-0.4, -0.2) is 15.6 Å². The van der Waals surface area contributed by atoms with E-state index >= 15 is 0 Å². The third-order valence-corrected chi connectivity index (χ3v) is 4.25. The van der Waals surface area contributed by atoms with Gasteiger partial charge in [0.15, 0.2) is 5.43 Å². The van der Waals surface area contributed by atoms with Crippen molar-refractivity contribution in [3.63, 3.8) is 0 Å². The molecule has 0 unspecified atom stereocenters. The second kappa shape index (κ2) is 4.78. The Morgan fingerprint density at radius 2 is 2.00 bits per heavy atom. The number of carboxylic acids is 1. The van der Waals surface area contributed by atoms with Crippen LogP contribution in [0, 0.1) is 6.92 Å². The summed E-state index contributed by atoms with van der Waals surface area (Å²) in [5.41, 5.74) is 2.20. The molecule has 1 heterocycles. The van der Waals surface area contributed by atoms with E-state index in [0.29, 0.717) is 11.6 Å². The second-order valence-electron chi connectivity index (χ2n) is 5.49. The van der Waals surface area contributed by atoms with E-state index in [1.54, 1.807) is 6.07 Å². The average Bonchev–Trinajstić information content (AvgIpc) is 2.91. The van der Waals surface area contributed by atoms with Crippen molar-refractivity contribution in [1.29, 1.82) is 0 Å². The highest BCUT2D eigenvalue weighted by atomic mass is 16.4. The maximum atomic E-state index is 11.6. The number of hydrogen-bond acceptors (Lipinski definition) is 2. The first-order chi connectivity index (χ1) is 9.58. The fourth-order valence-electron chi connectivity index (χ4n) is 3.27. The number of aromatic carboxylic acids is 1. The summed E-state index contributed by atoms with van der Waals surface area (Å²) in [4.78, 5) is 23.1. The van der Waals surface area contributed by atoms with E-state index in [2.05, 4.69) is 4.57 Å². The van der Waals surface area contributed by atoms with Gasteiger partial charge in [-0.15, -0.1) is 0 Å². The van der Waals surface area contributed by atoms with Crippen molar-refractivity contribution in [2.24, 2.45) is 0 Å². The maximum Gasteiger partial charge on any atom is 0.338 e. The van der Waals surface area contributed by atoms with Crippen LogP contribution in [0.2, 0.25) is 0 Å². The van der Waals surface area contributed by atoms with Gasteiger partial charge in [0, 0.05) is 23.5 Å². The van der Waals surface area contributed by atoms with Crippen LogP contribution < -0.4 is 5.43 Å². The zero-order valence-corrected chi connectivity index (χ0v) is 11.4. The first kappa shape index (κ1) is 12.9. The lowest BCUT2D eigenvalue weighted by molar-refractivity contribution is 0.0695. The molecule has 0 bridgehead atoms. The molecular formula is C16H17NO3. The summed E-state index contributed by atoms with van der Waals surface area (Å²) in [6.45, 7) is 1.83. The molecule has 0 aromatic carbocycles. The lowest BCUT2D eigenvalue weighted by Crippen LogP contribution is -2.17. The molecule has 0 atom stereocenters. The Kier molecular flexibility index (Phi) is 3.08. The van der Waals surface area contributed by atoms with Gasteiger partial charge in [-0.1, -0.05) is 12.8 Å². The molecule has 0 spiro atoms. The van der Waals surface area contributed by atoms with Gasteiger partial charge in [-0.05, 0) is 43.5 Å². The van der Waals surface area contributed by atoms with Crippen molar-refractivity contribution < 1.29 is 9.90 Å². The van der Waals surface area contributed by atoms with Gasteiger partial charge in [0.05, 0.1) is 5.56 Å². The van der Waals surface area contributed by atoms with E-state index in [1.165, 1.54) is 25.0 Å². The minimum atomic E-state index is -0.967. The van der Waals surface area contributed by atoms with E-state index in [-0.39, 0.29) is 11.0 Å². The van der Waals surface area contributed by atoms with Crippen LogP contribution in [0.25, 0.3) is 11.1 Å². The maximum absolute atomic E-state index is 11.6. The van der Waals surface area contributed by atoms with E-state index < -0.39 is 5.97 Å². The van der Waals surface area contributed by atoms with Crippen LogP contribution in [0.5, 0.6) is 0 Å². The number of carboxylic acid groups (broad SMARTS) is 1. The molecule has 1 saturated carbocycles. The first-order valence-electron chi connectivity index (χ1n) is 6.97. The highest BCUT2D eigenvalue weighted by Crippen LogP contribution is 2.35. The Morgan fingerprint density at radius 3 is 2.65 bits per heavy atom. The average molecular weight is 271 g/mol. The van der Waals surface area contributed by atoms with Gasteiger partial charge in [0.1, 0.15) is 0 Å². The molecule has 0 aromatic heterocycles. The number of aromatic nitrogens is 1. The van der Waals surface area contributed by atoms with Crippen LogP contribution in [0.1, 0.15) is 47.8 Å². The highest BCUT2D eigenvalue weighted by Gasteiger charge is 2.24. The molecule has 20 heavy (non-hydrogen) atoms. The fraction of sp³-hybridized carbons (Fsp3) is 0.375. The number of rotatable bonds is 2. The Labute approximate surface area is 117 Å². The normalized spacial score (nSPS) is 15.8. The van der Waals surface area contributed by atoms with E-state index in [0.717, 1.165) is 24.1 Å². The van der Waals surface area contributed by atoms with Gasteiger partial charge in [-0.3, -0.25) is 4.79 Å². The molecule has 4 heteroatoms. The van der Waals surface area contributed by atoms with E-state index in [1.807, 2.05) is 13.1 Å². The highest BCUT2D eigenvalue weighted by molar-refractivity contribution is 5.97. The predicted octanol–water partition coefficient (Wildman–Crippen LogP) is 3.07. The molecule has 0 radical (unpaired) electrons. The Morgan fingerprint density at radius 1 is 1.30 bits per heavy atom. The molecule has 3 aliphatic rings. The van der Waals surface area contributed by atoms with Gasteiger partial charge in [0.2, 0.25) is 0 Å². The molecule has 0 aromatic rings. The summed E-state index contributed by atoms with van der Waals surface area (Å²) in [6, 6.07) is 5.01. The summed E-state index contributed by atoms with van der Waals surface area (Å²) in [6.07, 6.45) is 6.56. The molecular weight excluding hydrogens is 254 g/mol. The molecule has 1 N–H and O–H groups in total. The number of pyridine rings is 1. The van der Waals surface area contributed by atoms with Crippen molar-refractivity contribution in [1.82, 2.24) is 4.57 Å². The van der Waals surface area contributed by atoms with Gasteiger partial charge in [0.25, 0.3) is 0 Å². The SMILES string of the molecule is Cc1c(C(=O)O)c2cc(=O)ccc-2cn1C1CCCC1. The molecule has 4 nitrogen and oxygen atoms in total. The largest absolute Gasteiger partial charge is 0.478 e. The number of carbonyl (C=O) groups is 1. The lowest BCUT2D eigenvalue weighted by Gasteiger charge is -2.23. The lowest BCUT2D eigenvalue weighted by atomic mass is 9.97. The van der Waals surface area contributed by atoms with Crippen molar-refractivity contribution in [2.75, 3.05) is 0 Å². The zero-order chi connectivity index (χ0) is 14.3. The van der Waals surface area contributed by atoms with Crippen LogP contribution in [0.3, 0.4) is 0 Å². The summed E-state index contributed by atoms with van der Waals surface area (Å²) < 4.78 is 2.09. The van der Waals surface area contributed by atoms with Crippen molar-refractivity contribution >= 4 is 5.97 Å². The zero-order valence-electron chi connectivity index (χ0n) is 11.4. The smallest absolute Gasteiger partial charge is 0.338 e. The second-order valence-corrected chi connectivity index (χ2v) is 5.49. The number of benzene rings is 1. The van der Waals surface area contributed by atoms with Crippen LogP contribution in [0.4, 0.5) is 0 Å². The van der Waals surface area contributed by atoms with Crippen LogP contribution >= 0.6 is 0 Å². The Hall–Kier alpha value is -2.10.